The van der Waals surface area contributed by atoms with Gasteiger partial charge >= 0.3 is 0 Å². The van der Waals surface area contributed by atoms with Crippen LogP contribution in [0.15, 0.2) is 110 Å². The molecule has 4 aromatic carbocycles. The lowest BCUT2D eigenvalue weighted by Gasteiger charge is -2.27. The Balaban J connectivity index is 0.958. The van der Waals surface area contributed by atoms with Crippen molar-refractivity contribution in [1.29, 1.82) is 0 Å². The number of aromatic nitrogens is 4. The van der Waals surface area contributed by atoms with E-state index in [1.807, 2.05) is 45.0 Å². The van der Waals surface area contributed by atoms with Gasteiger partial charge in [0.05, 0.1) is 58.1 Å². The van der Waals surface area contributed by atoms with Gasteiger partial charge in [-0.1, -0.05) is 44.2 Å². The molecule has 14 heteroatoms. The van der Waals surface area contributed by atoms with Crippen molar-refractivity contribution < 1.29 is 28.8 Å². The van der Waals surface area contributed by atoms with Gasteiger partial charge in [-0.05, 0) is 78.2 Å². The van der Waals surface area contributed by atoms with E-state index >= 15 is 0 Å². The summed E-state index contributed by atoms with van der Waals surface area (Å²) in [7, 11) is 0. The van der Waals surface area contributed by atoms with Gasteiger partial charge in [0.25, 0.3) is 29.5 Å². The lowest BCUT2D eigenvalue weighted by molar-refractivity contribution is 0.0910. The molecule has 0 saturated carbocycles. The zero-order valence-electron chi connectivity index (χ0n) is 30.8. The monoisotopic (exact) mass is 756 g/mol. The summed E-state index contributed by atoms with van der Waals surface area (Å²) in [5, 5.41) is 2.54. The molecule has 57 heavy (non-hydrogen) atoms. The number of nitrogens with zero attached hydrogens (tertiary/aromatic N) is 6. The predicted molar refractivity (Wildman–Crippen MR) is 209 cm³/mol. The molecule has 0 unspecified atom stereocenters. The third-order valence-electron chi connectivity index (χ3n) is 10.1. The van der Waals surface area contributed by atoms with E-state index in [2.05, 4.69) is 25.3 Å². The smallest absolute Gasteiger partial charge is 0.266 e. The molecule has 0 fully saturated rings. The molecule has 2 aliphatic rings. The third kappa shape index (κ3) is 6.48. The fourth-order valence-electron chi connectivity index (χ4n) is 6.82. The van der Waals surface area contributed by atoms with Crippen LogP contribution in [0.3, 0.4) is 0 Å². The number of nitrogens with one attached hydrogen (secondary N) is 1. The highest BCUT2D eigenvalue weighted by atomic mass is 16.2. The first-order valence-corrected chi connectivity index (χ1v) is 17.8. The summed E-state index contributed by atoms with van der Waals surface area (Å²) in [6.07, 6.45) is 5.91. The second kappa shape index (κ2) is 13.8. The van der Waals surface area contributed by atoms with Crippen LogP contribution in [0, 0.1) is 6.92 Å². The Kier molecular flexibility index (Phi) is 8.80. The largest absolute Gasteiger partial charge is 0.396 e. The van der Waals surface area contributed by atoms with Gasteiger partial charge in [-0.25, -0.2) is 29.7 Å². The number of amides is 5. The van der Waals surface area contributed by atoms with E-state index in [0.717, 1.165) is 26.5 Å². The van der Waals surface area contributed by atoms with Crippen LogP contribution < -0.4 is 20.9 Å². The quantitative estimate of drug-likeness (QED) is 0.134. The average molecular weight is 757 g/mol. The van der Waals surface area contributed by atoms with Crippen molar-refractivity contribution in [3.05, 3.63) is 166 Å². The molecular weight excluding hydrogens is 725 g/mol. The van der Waals surface area contributed by atoms with Gasteiger partial charge in [0.15, 0.2) is 5.78 Å². The average Bonchev–Trinajstić information content (AvgIpc) is 3.62. The third-order valence-corrected chi connectivity index (χ3v) is 10.1. The summed E-state index contributed by atoms with van der Waals surface area (Å²) < 4.78 is 0. The summed E-state index contributed by atoms with van der Waals surface area (Å²) >= 11 is 0. The number of imide groups is 2. The normalized spacial score (nSPS) is 13.5. The highest BCUT2D eigenvalue weighted by Gasteiger charge is 2.39. The number of carbonyl (C=O) groups excluding carboxylic acids is 6. The van der Waals surface area contributed by atoms with E-state index < -0.39 is 35.0 Å². The van der Waals surface area contributed by atoms with Crippen LogP contribution in [0.25, 0.3) is 0 Å². The SMILES string of the molecule is Cc1cnc(CC(=O)c2ccc3c(c2)C(=O)N(c2ccc(C(C)(C)c4ccc(N5C(=O)c6ccc(C(=O)Nc7ncc(N)cn7)cc6C5=O)cc4)cc2)C3=O)nc1. The van der Waals surface area contributed by atoms with Gasteiger partial charge in [0, 0.05) is 28.9 Å². The number of ketones is 1. The highest BCUT2D eigenvalue weighted by Crippen LogP contribution is 2.37. The molecular formula is C43H32N8O6. The summed E-state index contributed by atoms with van der Waals surface area (Å²) in [5.41, 5.74) is 9.76. The fraction of sp³-hybridized carbons (Fsp3) is 0.116. The Morgan fingerprint density at radius 1 is 0.614 bits per heavy atom. The van der Waals surface area contributed by atoms with Gasteiger partial charge in [-0.3, -0.25) is 34.1 Å². The molecule has 0 aliphatic carbocycles. The van der Waals surface area contributed by atoms with E-state index in [0.29, 0.717) is 22.9 Å². The number of benzene rings is 4. The Morgan fingerprint density at radius 2 is 1.07 bits per heavy atom. The van der Waals surface area contributed by atoms with Gasteiger partial charge in [0.2, 0.25) is 5.95 Å². The minimum Gasteiger partial charge on any atom is -0.396 e. The number of fused-ring (bicyclic) bond motifs is 2. The number of hydrogen-bond acceptors (Lipinski definition) is 11. The van der Waals surface area contributed by atoms with Crippen molar-refractivity contribution in [3.63, 3.8) is 0 Å². The summed E-state index contributed by atoms with van der Waals surface area (Å²) in [5.74, 6) is -2.52. The van der Waals surface area contributed by atoms with Crippen molar-refractivity contribution in [2.24, 2.45) is 0 Å². The van der Waals surface area contributed by atoms with Crippen LogP contribution >= 0.6 is 0 Å². The lowest BCUT2D eigenvalue weighted by Crippen LogP contribution is -2.30. The minimum absolute atomic E-state index is 0.0378. The number of nitrogens with two attached hydrogens (primary N) is 1. The molecule has 14 nitrogen and oxygen atoms in total. The number of aryl methyl sites for hydroxylation is 1. The molecule has 5 amide bonds. The van der Waals surface area contributed by atoms with E-state index in [1.54, 1.807) is 36.7 Å². The van der Waals surface area contributed by atoms with Crippen molar-refractivity contribution in [2.75, 3.05) is 20.9 Å². The van der Waals surface area contributed by atoms with Gasteiger partial charge in [-0.15, -0.1) is 0 Å². The molecule has 0 saturated heterocycles. The fourth-order valence-corrected chi connectivity index (χ4v) is 6.82. The van der Waals surface area contributed by atoms with Crippen molar-refractivity contribution in [1.82, 2.24) is 19.9 Å². The van der Waals surface area contributed by atoms with Crippen LogP contribution in [0.5, 0.6) is 0 Å². The first-order valence-electron chi connectivity index (χ1n) is 17.8. The molecule has 4 heterocycles. The Labute approximate surface area is 325 Å². The van der Waals surface area contributed by atoms with Crippen LogP contribution in [0.1, 0.15) is 98.5 Å². The van der Waals surface area contributed by atoms with Crippen molar-refractivity contribution in [3.8, 4) is 0 Å². The highest BCUT2D eigenvalue weighted by molar-refractivity contribution is 6.35. The van der Waals surface area contributed by atoms with Crippen LogP contribution in [0.2, 0.25) is 0 Å². The lowest BCUT2D eigenvalue weighted by atomic mass is 9.78. The number of carbonyl (C=O) groups is 6. The Hall–Kier alpha value is -7.74. The molecule has 2 aromatic heterocycles. The Morgan fingerprint density at radius 3 is 1.58 bits per heavy atom. The maximum absolute atomic E-state index is 13.6. The molecule has 280 valence electrons. The molecule has 2 aliphatic heterocycles. The summed E-state index contributed by atoms with van der Waals surface area (Å²) in [6, 6.07) is 22.8. The van der Waals surface area contributed by atoms with E-state index in [-0.39, 0.29) is 51.5 Å². The van der Waals surface area contributed by atoms with Crippen LogP contribution in [-0.4, -0.2) is 55.3 Å². The number of hydrogen-bond donors (Lipinski definition) is 2. The standard InChI is InChI=1S/C43H32N8O6/c1-23-19-45-36(46-20-23)18-35(52)24-4-14-31-33(16-24)40(56)50(38(31)54)29-10-6-26(7-11-29)43(2,3)27-8-12-30(13-9-27)51-39(55)32-15-5-25(17-34(32)41(51)57)37(53)49-42-47-21-28(44)22-48-42/h4-17,19-22H,18,44H2,1-3H3,(H,47,48,49,53). The van der Waals surface area contributed by atoms with Crippen LogP contribution in [-0.2, 0) is 11.8 Å². The van der Waals surface area contributed by atoms with E-state index in [9.17, 15) is 28.8 Å². The first kappa shape index (κ1) is 36.2. The topological polar surface area (TPSA) is 199 Å². The van der Waals surface area contributed by atoms with E-state index in [4.69, 9.17) is 5.73 Å². The number of Topliss-reactive ketones (excluding diaryl/α,β-unsaturated/α-hetero) is 1. The van der Waals surface area contributed by atoms with Gasteiger partial charge in [-0.2, -0.15) is 0 Å². The zero-order valence-corrected chi connectivity index (χ0v) is 30.8. The minimum atomic E-state index is -0.575. The maximum atomic E-state index is 13.6. The number of anilines is 4. The number of rotatable bonds is 9. The van der Waals surface area contributed by atoms with Gasteiger partial charge < -0.3 is 5.73 Å². The second-order valence-electron chi connectivity index (χ2n) is 14.2. The van der Waals surface area contributed by atoms with Crippen molar-refractivity contribution >= 4 is 58.3 Å². The Bertz CT molecular complexity index is 2490. The molecule has 0 radical (unpaired) electrons. The predicted octanol–water partition coefficient (Wildman–Crippen LogP) is 5.76. The first-order chi connectivity index (χ1) is 27.3. The molecule has 0 spiro atoms. The molecule has 6 aromatic rings. The maximum Gasteiger partial charge on any atom is 0.266 e. The van der Waals surface area contributed by atoms with Gasteiger partial charge in [0.1, 0.15) is 5.82 Å². The molecule has 0 atom stereocenters. The molecule has 0 bridgehead atoms. The van der Waals surface area contributed by atoms with E-state index in [1.165, 1.54) is 48.8 Å². The molecule has 3 N–H and O–H groups in total. The zero-order chi connectivity index (χ0) is 40.2. The van der Waals surface area contributed by atoms with Crippen molar-refractivity contribution in [2.45, 2.75) is 32.6 Å². The number of nitrogen functional groups attached to an aromatic ring is 1. The second-order valence-corrected chi connectivity index (χ2v) is 14.2. The summed E-state index contributed by atoms with van der Waals surface area (Å²) in [6.45, 7) is 5.86. The van der Waals surface area contributed by atoms with Crippen LogP contribution in [0.4, 0.5) is 23.0 Å². The summed E-state index contributed by atoms with van der Waals surface area (Å²) in [4.78, 5) is 98.2. The molecule has 8 rings (SSSR count).